The first kappa shape index (κ1) is 19.6. The molecular weight excluding hydrogens is 359 g/mol. The third-order valence-corrected chi connectivity index (χ3v) is 3.69. The van der Waals surface area contributed by atoms with Crippen LogP contribution >= 0.6 is 0 Å². The molecule has 0 aliphatic rings. The maximum absolute atomic E-state index is 13.6. The standard InChI is InChI=1S/C19H15FO7/c1-26-17(23)8-13(19(25)27-2)10-5-11(9-21)18(24)15(6-10)14-7-12(20)3-4-16(14)22/h3-9,22,24H,1-2H3. The van der Waals surface area contributed by atoms with E-state index < -0.39 is 23.5 Å². The fraction of sp³-hybridized carbons (Fsp3) is 0.105. The van der Waals surface area contributed by atoms with Gasteiger partial charge in [0.25, 0.3) is 0 Å². The number of hydrogen-bond acceptors (Lipinski definition) is 7. The first-order chi connectivity index (χ1) is 12.8. The zero-order chi connectivity index (χ0) is 20.1. The second-order valence-electron chi connectivity index (χ2n) is 5.31. The lowest BCUT2D eigenvalue weighted by Crippen LogP contribution is -2.08. The summed E-state index contributed by atoms with van der Waals surface area (Å²) in [7, 11) is 2.20. The van der Waals surface area contributed by atoms with Crippen molar-refractivity contribution in [3.05, 3.63) is 53.4 Å². The van der Waals surface area contributed by atoms with Gasteiger partial charge in [0.1, 0.15) is 17.3 Å². The third-order valence-electron chi connectivity index (χ3n) is 3.69. The molecule has 2 aromatic carbocycles. The summed E-state index contributed by atoms with van der Waals surface area (Å²) < 4.78 is 22.7. The van der Waals surface area contributed by atoms with Gasteiger partial charge in [-0.3, -0.25) is 4.79 Å². The van der Waals surface area contributed by atoms with E-state index in [-0.39, 0.29) is 33.6 Å². The zero-order valence-electron chi connectivity index (χ0n) is 14.4. The number of aldehydes is 1. The van der Waals surface area contributed by atoms with Crippen LogP contribution in [0.5, 0.6) is 11.5 Å². The molecule has 0 bridgehead atoms. The van der Waals surface area contributed by atoms with Gasteiger partial charge in [-0.25, -0.2) is 14.0 Å². The average Bonchev–Trinajstić information content (AvgIpc) is 2.67. The van der Waals surface area contributed by atoms with Crippen molar-refractivity contribution in [2.45, 2.75) is 0 Å². The molecule has 0 radical (unpaired) electrons. The van der Waals surface area contributed by atoms with Crippen molar-refractivity contribution in [3.63, 3.8) is 0 Å². The topological polar surface area (TPSA) is 110 Å². The maximum Gasteiger partial charge on any atom is 0.338 e. The molecule has 0 saturated carbocycles. The van der Waals surface area contributed by atoms with Crippen LogP contribution in [0, 0.1) is 5.82 Å². The van der Waals surface area contributed by atoms with Crippen molar-refractivity contribution in [3.8, 4) is 22.6 Å². The van der Waals surface area contributed by atoms with E-state index in [2.05, 4.69) is 9.47 Å². The van der Waals surface area contributed by atoms with Gasteiger partial charge < -0.3 is 19.7 Å². The molecular formula is C19H15FO7. The molecule has 0 fully saturated rings. The number of rotatable bonds is 5. The largest absolute Gasteiger partial charge is 0.507 e. The molecule has 0 heterocycles. The lowest BCUT2D eigenvalue weighted by molar-refractivity contribution is -0.136. The molecule has 0 amide bonds. The molecule has 2 rings (SSSR count). The van der Waals surface area contributed by atoms with Gasteiger partial charge in [0, 0.05) is 17.2 Å². The number of halogens is 1. The van der Waals surface area contributed by atoms with Gasteiger partial charge in [0.05, 0.1) is 25.4 Å². The summed E-state index contributed by atoms with van der Waals surface area (Å²) in [6, 6.07) is 5.39. The smallest absolute Gasteiger partial charge is 0.338 e. The summed E-state index contributed by atoms with van der Waals surface area (Å²) >= 11 is 0. The number of aromatic hydroxyl groups is 2. The highest BCUT2D eigenvalue weighted by Crippen LogP contribution is 2.39. The highest BCUT2D eigenvalue weighted by molar-refractivity contribution is 6.21. The minimum Gasteiger partial charge on any atom is -0.507 e. The van der Waals surface area contributed by atoms with E-state index in [0.717, 1.165) is 44.6 Å². The van der Waals surface area contributed by atoms with E-state index in [4.69, 9.17) is 0 Å². The fourth-order valence-corrected chi connectivity index (χ4v) is 2.38. The molecule has 27 heavy (non-hydrogen) atoms. The Morgan fingerprint density at radius 3 is 2.33 bits per heavy atom. The quantitative estimate of drug-likeness (QED) is 0.470. The lowest BCUT2D eigenvalue weighted by Gasteiger charge is -2.13. The van der Waals surface area contributed by atoms with Crippen molar-refractivity contribution >= 4 is 23.8 Å². The summed E-state index contributed by atoms with van der Waals surface area (Å²) in [5.41, 5.74) is -0.716. The third kappa shape index (κ3) is 4.12. The highest BCUT2D eigenvalue weighted by Gasteiger charge is 2.21. The summed E-state index contributed by atoms with van der Waals surface area (Å²) in [4.78, 5) is 35.0. The Morgan fingerprint density at radius 1 is 1.04 bits per heavy atom. The Balaban J connectivity index is 2.80. The molecule has 0 saturated heterocycles. The number of benzene rings is 2. The molecule has 0 atom stereocenters. The number of ether oxygens (including phenoxy) is 2. The number of carbonyl (C=O) groups excluding carboxylic acids is 3. The van der Waals surface area contributed by atoms with Gasteiger partial charge in [0.2, 0.25) is 0 Å². The van der Waals surface area contributed by atoms with Crippen LogP contribution in [-0.4, -0.2) is 42.7 Å². The van der Waals surface area contributed by atoms with Crippen molar-refractivity contribution in [2.75, 3.05) is 14.2 Å². The van der Waals surface area contributed by atoms with E-state index in [9.17, 15) is 29.0 Å². The predicted molar refractivity (Wildman–Crippen MR) is 92.6 cm³/mol. The average molecular weight is 374 g/mol. The van der Waals surface area contributed by atoms with E-state index in [1.807, 2.05) is 0 Å². The van der Waals surface area contributed by atoms with E-state index in [0.29, 0.717) is 6.29 Å². The Kier molecular flexibility index (Phi) is 5.92. The highest BCUT2D eigenvalue weighted by atomic mass is 19.1. The Labute approximate surface area is 153 Å². The molecule has 8 heteroatoms. The van der Waals surface area contributed by atoms with E-state index >= 15 is 0 Å². The van der Waals surface area contributed by atoms with Crippen LogP contribution in [0.4, 0.5) is 4.39 Å². The molecule has 0 aliphatic heterocycles. The number of esters is 2. The first-order valence-corrected chi connectivity index (χ1v) is 7.51. The summed E-state index contributed by atoms with van der Waals surface area (Å²) in [5, 5.41) is 20.3. The summed E-state index contributed by atoms with van der Waals surface area (Å²) in [6.07, 6.45) is 1.16. The van der Waals surface area contributed by atoms with Gasteiger partial charge in [-0.15, -0.1) is 0 Å². The zero-order valence-corrected chi connectivity index (χ0v) is 14.4. The second kappa shape index (κ2) is 8.13. The van der Waals surface area contributed by atoms with Crippen LogP contribution < -0.4 is 0 Å². The van der Waals surface area contributed by atoms with Gasteiger partial charge in [-0.1, -0.05) is 0 Å². The molecule has 140 valence electrons. The molecule has 0 unspecified atom stereocenters. The van der Waals surface area contributed by atoms with Crippen molar-refractivity contribution in [1.29, 1.82) is 0 Å². The SMILES string of the molecule is COC(=O)C=C(C(=O)OC)c1cc(C=O)c(O)c(-c2cc(F)ccc2O)c1. The number of hydrogen-bond donors (Lipinski definition) is 2. The molecule has 2 aromatic rings. The number of carbonyl (C=O) groups is 3. The molecule has 0 aromatic heterocycles. The van der Waals surface area contributed by atoms with Crippen LogP contribution in [0.1, 0.15) is 15.9 Å². The Morgan fingerprint density at radius 2 is 1.74 bits per heavy atom. The Hall–Kier alpha value is -3.68. The second-order valence-corrected chi connectivity index (χ2v) is 5.31. The molecule has 2 N–H and O–H groups in total. The fourth-order valence-electron chi connectivity index (χ4n) is 2.38. The maximum atomic E-state index is 13.6. The van der Waals surface area contributed by atoms with Gasteiger partial charge in [-0.2, -0.15) is 0 Å². The molecule has 0 aliphatic carbocycles. The monoisotopic (exact) mass is 374 g/mol. The van der Waals surface area contributed by atoms with Gasteiger partial charge in [0.15, 0.2) is 6.29 Å². The van der Waals surface area contributed by atoms with E-state index in [1.54, 1.807) is 0 Å². The minimum atomic E-state index is -0.905. The summed E-state index contributed by atoms with van der Waals surface area (Å²) in [6.45, 7) is 0. The number of methoxy groups -OCH3 is 2. The van der Waals surface area contributed by atoms with Gasteiger partial charge in [-0.05, 0) is 35.9 Å². The van der Waals surface area contributed by atoms with Crippen molar-refractivity contribution < 1.29 is 38.5 Å². The normalized spacial score (nSPS) is 11.0. The molecule has 0 spiro atoms. The van der Waals surface area contributed by atoms with Crippen LogP contribution in [0.15, 0.2) is 36.4 Å². The van der Waals surface area contributed by atoms with Crippen LogP contribution in [0.25, 0.3) is 16.7 Å². The number of phenolic OH excluding ortho intramolecular Hbond substituents is 2. The predicted octanol–water partition coefficient (Wildman–Crippen LogP) is 2.45. The first-order valence-electron chi connectivity index (χ1n) is 7.51. The van der Waals surface area contributed by atoms with E-state index in [1.165, 1.54) is 6.07 Å². The van der Waals surface area contributed by atoms with Crippen molar-refractivity contribution in [2.24, 2.45) is 0 Å². The Bertz CT molecular complexity index is 947. The number of phenols is 2. The van der Waals surface area contributed by atoms with Crippen molar-refractivity contribution in [1.82, 2.24) is 0 Å². The van der Waals surface area contributed by atoms with Crippen LogP contribution in [0.2, 0.25) is 0 Å². The minimum absolute atomic E-state index is 0.0193. The van der Waals surface area contributed by atoms with Gasteiger partial charge >= 0.3 is 11.9 Å². The lowest BCUT2D eigenvalue weighted by atomic mass is 9.94. The van der Waals surface area contributed by atoms with Crippen LogP contribution in [0.3, 0.4) is 0 Å². The molecule has 7 nitrogen and oxygen atoms in total. The van der Waals surface area contributed by atoms with Crippen LogP contribution in [-0.2, 0) is 19.1 Å². The summed E-state index contributed by atoms with van der Waals surface area (Å²) in [5.74, 6) is -3.35.